The summed E-state index contributed by atoms with van der Waals surface area (Å²) in [5.74, 6) is -0.159. The van der Waals surface area contributed by atoms with Gasteiger partial charge in [-0.2, -0.15) is 0 Å². The minimum Gasteiger partial charge on any atom is -0.277 e. The first-order valence-corrected chi connectivity index (χ1v) is 4.22. The number of carbonyl (C=O) groups excluding carboxylic acids is 1. The lowest BCUT2D eigenvalue weighted by Gasteiger charge is -2.00. The van der Waals surface area contributed by atoms with E-state index in [4.69, 9.17) is 0 Å². The van der Waals surface area contributed by atoms with Crippen LogP contribution >= 0.6 is 0 Å². The largest absolute Gasteiger partial charge is 0.277 e. The zero-order chi connectivity index (χ0) is 9.40. The molecule has 70 valence electrons. The Balaban J connectivity index is 3.74. The van der Waals surface area contributed by atoms with E-state index in [0.29, 0.717) is 5.57 Å². The molecule has 0 aliphatic heterocycles. The third kappa shape index (κ3) is 4.91. The van der Waals surface area contributed by atoms with Crippen LogP contribution in [0.4, 0.5) is 0 Å². The zero-order valence-electron chi connectivity index (χ0n) is 8.02. The van der Waals surface area contributed by atoms with Gasteiger partial charge < -0.3 is 0 Å². The standard InChI is InChI=1S/C9H17NO2/c1-4-5-6-7-8(2)9(11)10-12-3/h7H,4-6H2,1-3H3,(H,10,11). The van der Waals surface area contributed by atoms with Gasteiger partial charge in [-0.3, -0.25) is 9.63 Å². The van der Waals surface area contributed by atoms with E-state index in [1.54, 1.807) is 6.92 Å². The van der Waals surface area contributed by atoms with Crippen LogP contribution in [0.2, 0.25) is 0 Å². The van der Waals surface area contributed by atoms with Crippen LogP contribution in [0, 0.1) is 0 Å². The minimum atomic E-state index is -0.159. The van der Waals surface area contributed by atoms with Crippen molar-refractivity contribution < 1.29 is 9.63 Å². The Morgan fingerprint density at radius 3 is 2.75 bits per heavy atom. The smallest absolute Gasteiger partial charge is 0.270 e. The van der Waals surface area contributed by atoms with Crippen molar-refractivity contribution in [1.29, 1.82) is 0 Å². The van der Waals surface area contributed by atoms with Gasteiger partial charge in [0, 0.05) is 5.57 Å². The Kier molecular flexibility index (Phi) is 6.38. The van der Waals surface area contributed by atoms with Crippen molar-refractivity contribution in [2.45, 2.75) is 33.1 Å². The summed E-state index contributed by atoms with van der Waals surface area (Å²) in [5, 5.41) is 0. The number of hydrogen-bond acceptors (Lipinski definition) is 2. The summed E-state index contributed by atoms with van der Waals surface area (Å²) in [4.78, 5) is 15.5. The molecule has 3 heteroatoms. The average Bonchev–Trinajstić information content (AvgIpc) is 2.05. The molecule has 3 nitrogen and oxygen atoms in total. The van der Waals surface area contributed by atoms with E-state index < -0.39 is 0 Å². The van der Waals surface area contributed by atoms with Crippen LogP contribution in [-0.4, -0.2) is 13.0 Å². The highest BCUT2D eigenvalue weighted by Gasteiger charge is 2.00. The van der Waals surface area contributed by atoms with Crippen LogP contribution in [-0.2, 0) is 9.63 Å². The fraction of sp³-hybridized carbons (Fsp3) is 0.667. The molecule has 0 saturated heterocycles. The van der Waals surface area contributed by atoms with Crippen LogP contribution in [0.15, 0.2) is 11.6 Å². The van der Waals surface area contributed by atoms with E-state index in [-0.39, 0.29) is 5.91 Å². The molecule has 0 aliphatic carbocycles. The highest BCUT2D eigenvalue weighted by Crippen LogP contribution is 2.00. The first kappa shape index (κ1) is 11.2. The average molecular weight is 171 g/mol. The lowest BCUT2D eigenvalue weighted by molar-refractivity contribution is -0.127. The predicted molar refractivity (Wildman–Crippen MR) is 48.4 cm³/mol. The third-order valence-corrected chi connectivity index (χ3v) is 1.56. The van der Waals surface area contributed by atoms with Crippen molar-refractivity contribution in [3.63, 3.8) is 0 Å². The molecule has 0 aliphatic rings. The van der Waals surface area contributed by atoms with Gasteiger partial charge in [-0.05, 0) is 13.3 Å². The molecule has 12 heavy (non-hydrogen) atoms. The number of hydroxylamine groups is 1. The molecule has 0 aromatic carbocycles. The molecule has 1 N–H and O–H groups in total. The minimum absolute atomic E-state index is 0.159. The number of rotatable bonds is 5. The second-order valence-corrected chi connectivity index (χ2v) is 2.66. The van der Waals surface area contributed by atoms with E-state index in [1.165, 1.54) is 7.11 Å². The molecule has 0 unspecified atom stereocenters. The van der Waals surface area contributed by atoms with Gasteiger partial charge in [-0.1, -0.05) is 25.8 Å². The summed E-state index contributed by atoms with van der Waals surface area (Å²) in [6.07, 6.45) is 5.16. The molecular weight excluding hydrogens is 154 g/mol. The molecule has 0 saturated carbocycles. The maximum absolute atomic E-state index is 11.0. The van der Waals surface area contributed by atoms with Crippen molar-refractivity contribution in [3.05, 3.63) is 11.6 Å². The Morgan fingerprint density at radius 2 is 2.25 bits per heavy atom. The molecule has 0 fully saturated rings. The van der Waals surface area contributed by atoms with Gasteiger partial charge in [-0.25, -0.2) is 5.48 Å². The molecule has 0 spiro atoms. The Bertz CT molecular complexity index is 164. The number of hydrogen-bond donors (Lipinski definition) is 1. The van der Waals surface area contributed by atoms with E-state index >= 15 is 0 Å². The summed E-state index contributed by atoms with van der Waals surface area (Å²) in [5.41, 5.74) is 2.98. The zero-order valence-corrected chi connectivity index (χ0v) is 8.02. The van der Waals surface area contributed by atoms with Crippen LogP contribution < -0.4 is 5.48 Å². The van der Waals surface area contributed by atoms with E-state index in [1.807, 2.05) is 6.08 Å². The molecule has 0 heterocycles. The summed E-state index contributed by atoms with van der Waals surface area (Å²) < 4.78 is 0. The Morgan fingerprint density at radius 1 is 1.58 bits per heavy atom. The maximum atomic E-state index is 11.0. The molecular formula is C9H17NO2. The second kappa shape index (κ2) is 6.85. The second-order valence-electron chi connectivity index (χ2n) is 2.66. The molecule has 0 rings (SSSR count). The van der Waals surface area contributed by atoms with E-state index in [0.717, 1.165) is 19.3 Å². The number of nitrogens with one attached hydrogen (secondary N) is 1. The molecule has 0 bridgehead atoms. The van der Waals surface area contributed by atoms with E-state index in [9.17, 15) is 4.79 Å². The number of amides is 1. The third-order valence-electron chi connectivity index (χ3n) is 1.56. The topological polar surface area (TPSA) is 38.3 Å². The van der Waals surface area contributed by atoms with Crippen molar-refractivity contribution in [2.75, 3.05) is 7.11 Å². The molecule has 0 radical (unpaired) electrons. The summed E-state index contributed by atoms with van der Waals surface area (Å²) in [7, 11) is 1.43. The van der Waals surface area contributed by atoms with Gasteiger partial charge in [-0.15, -0.1) is 0 Å². The monoisotopic (exact) mass is 171 g/mol. The van der Waals surface area contributed by atoms with Gasteiger partial charge in [0.05, 0.1) is 7.11 Å². The fourth-order valence-electron chi connectivity index (χ4n) is 0.789. The van der Waals surface area contributed by atoms with Gasteiger partial charge in [0.25, 0.3) is 5.91 Å². The first-order chi connectivity index (χ1) is 5.72. The molecule has 0 aromatic heterocycles. The van der Waals surface area contributed by atoms with Gasteiger partial charge in [0.2, 0.25) is 0 Å². The van der Waals surface area contributed by atoms with Gasteiger partial charge in [0.1, 0.15) is 0 Å². The van der Waals surface area contributed by atoms with Crippen molar-refractivity contribution in [1.82, 2.24) is 5.48 Å². The van der Waals surface area contributed by atoms with Crippen molar-refractivity contribution in [2.24, 2.45) is 0 Å². The highest BCUT2D eigenvalue weighted by atomic mass is 16.6. The van der Waals surface area contributed by atoms with Crippen LogP contribution in [0.3, 0.4) is 0 Å². The van der Waals surface area contributed by atoms with Crippen LogP contribution in [0.5, 0.6) is 0 Å². The van der Waals surface area contributed by atoms with E-state index in [2.05, 4.69) is 17.2 Å². The van der Waals surface area contributed by atoms with Crippen LogP contribution in [0.25, 0.3) is 0 Å². The normalized spacial score (nSPS) is 11.4. The quantitative estimate of drug-likeness (QED) is 0.389. The summed E-state index contributed by atoms with van der Waals surface area (Å²) in [6.45, 7) is 3.91. The lowest BCUT2D eigenvalue weighted by Crippen LogP contribution is -2.22. The summed E-state index contributed by atoms with van der Waals surface area (Å²) >= 11 is 0. The fourth-order valence-corrected chi connectivity index (χ4v) is 0.789. The van der Waals surface area contributed by atoms with Crippen molar-refractivity contribution >= 4 is 5.91 Å². The molecule has 0 atom stereocenters. The molecule has 1 amide bonds. The SMILES string of the molecule is CCCCC=C(C)C(=O)NOC. The van der Waals surface area contributed by atoms with Crippen molar-refractivity contribution in [3.8, 4) is 0 Å². The van der Waals surface area contributed by atoms with Crippen LogP contribution in [0.1, 0.15) is 33.1 Å². The molecule has 0 aromatic rings. The Labute approximate surface area is 73.7 Å². The first-order valence-electron chi connectivity index (χ1n) is 4.22. The van der Waals surface area contributed by atoms with Gasteiger partial charge in [0.15, 0.2) is 0 Å². The number of allylic oxidation sites excluding steroid dienone is 1. The summed E-state index contributed by atoms with van der Waals surface area (Å²) in [6, 6.07) is 0. The lowest BCUT2D eigenvalue weighted by atomic mass is 10.2. The maximum Gasteiger partial charge on any atom is 0.270 e. The Hall–Kier alpha value is -0.830. The predicted octanol–water partition coefficient (Wildman–Crippen LogP) is 1.80. The van der Waals surface area contributed by atoms with Gasteiger partial charge >= 0.3 is 0 Å². The number of carbonyl (C=O) groups is 1. The highest BCUT2D eigenvalue weighted by molar-refractivity contribution is 5.91. The number of unbranched alkanes of at least 4 members (excludes halogenated alkanes) is 2.